The van der Waals surface area contributed by atoms with Crippen molar-refractivity contribution in [3.63, 3.8) is 0 Å². The predicted molar refractivity (Wildman–Crippen MR) is 89.9 cm³/mol. The summed E-state index contributed by atoms with van der Waals surface area (Å²) in [6.45, 7) is 0.587. The smallest absolute Gasteiger partial charge is 0.160 e. The lowest BCUT2D eigenvalue weighted by atomic mass is 10.2. The fraction of sp³-hybridized carbons (Fsp3) is 0.0588. The van der Waals surface area contributed by atoms with Gasteiger partial charge < -0.3 is 4.57 Å². The molecular weight excluding hydrogens is 325 g/mol. The molecule has 0 amide bonds. The molecule has 0 unspecified atom stereocenters. The second-order valence-corrected chi connectivity index (χ2v) is 5.98. The number of hydrogen-bond donors (Lipinski definition) is 0. The fourth-order valence-corrected chi connectivity index (χ4v) is 3.18. The molecule has 0 bridgehead atoms. The first-order valence-corrected chi connectivity index (χ1v) is 8.15. The van der Waals surface area contributed by atoms with E-state index in [4.69, 9.17) is 0 Å². The van der Waals surface area contributed by atoms with E-state index in [1.165, 1.54) is 23.5 Å². The van der Waals surface area contributed by atoms with Crippen LogP contribution in [-0.4, -0.2) is 24.5 Å². The maximum absolute atomic E-state index is 13.0. The molecule has 0 aliphatic carbocycles. The Labute approximate surface area is 141 Å². The van der Waals surface area contributed by atoms with Gasteiger partial charge in [0.2, 0.25) is 0 Å². The van der Waals surface area contributed by atoms with Gasteiger partial charge in [-0.15, -0.1) is 11.3 Å². The van der Waals surface area contributed by atoms with Crippen LogP contribution in [-0.2, 0) is 6.54 Å². The summed E-state index contributed by atoms with van der Waals surface area (Å²) >= 11 is 1.54. The van der Waals surface area contributed by atoms with E-state index in [9.17, 15) is 4.39 Å². The Balaban J connectivity index is 1.59. The lowest BCUT2D eigenvalue weighted by Gasteiger charge is -2.04. The molecule has 0 N–H and O–H groups in total. The van der Waals surface area contributed by atoms with Crippen LogP contribution >= 0.6 is 11.3 Å². The molecule has 1 aromatic carbocycles. The van der Waals surface area contributed by atoms with Crippen LogP contribution in [0.1, 0.15) is 5.69 Å². The number of rotatable bonds is 4. The monoisotopic (exact) mass is 337 g/mol. The molecule has 118 valence electrons. The zero-order valence-corrected chi connectivity index (χ0v) is 13.3. The molecule has 0 saturated carbocycles. The Hall–Kier alpha value is -2.93. The van der Waals surface area contributed by atoms with Gasteiger partial charge in [-0.1, -0.05) is 0 Å². The van der Waals surface area contributed by atoms with Gasteiger partial charge in [0.15, 0.2) is 5.82 Å². The van der Waals surface area contributed by atoms with Crippen LogP contribution in [0.15, 0.2) is 60.6 Å². The molecular formula is C17H12FN5S. The van der Waals surface area contributed by atoms with Gasteiger partial charge in [0.05, 0.1) is 18.4 Å². The number of imidazole rings is 1. The average Bonchev–Trinajstić information content (AvgIpc) is 3.26. The van der Waals surface area contributed by atoms with Crippen molar-refractivity contribution in [2.24, 2.45) is 0 Å². The zero-order chi connectivity index (χ0) is 16.4. The Kier molecular flexibility index (Phi) is 3.84. The van der Waals surface area contributed by atoms with Crippen LogP contribution in [0.25, 0.3) is 22.1 Å². The minimum Gasteiger partial charge on any atom is -0.324 e. The van der Waals surface area contributed by atoms with Crippen LogP contribution in [0.5, 0.6) is 0 Å². The highest BCUT2D eigenvalue weighted by Crippen LogP contribution is 2.25. The van der Waals surface area contributed by atoms with Crippen molar-refractivity contribution in [2.75, 3.05) is 0 Å². The molecule has 3 aromatic heterocycles. The number of aromatic nitrogens is 5. The quantitative estimate of drug-likeness (QED) is 0.570. The molecule has 7 heteroatoms. The van der Waals surface area contributed by atoms with Crippen LogP contribution < -0.4 is 0 Å². The van der Waals surface area contributed by atoms with E-state index in [1.807, 2.05) is 16.1 Å². The Morgan fingerprint density at radius 3 is 2.71 bits per heavy atom. The number of hydrogen-bond acceptors (Lipinski definition) is 5. The third-order valence-corrected chi connectivity index (χ3v) is 4.42. The molecule has 0 radical (unpaired) electrons. The molecule has 4 rings (SSSR count). The standard InChI is InChI=1S/C17H12FN5S/c18-13-3-1-12(2-4-13)17-22-14(11-24-17)10-23-8-7-21-16(23)15-9-19-5-6-20-15/h1-9,11H,10H2. The average molecular weight is 337 g/mol. The molecule has 0 atom stereocenters. The third-order valence-electron chi connectivity index (χ3n) is 3.48. The van der Waals surface area contributed by atoms with Crippen molar-refractivity contribution < 1.29 is 4.39 Å². The van der Waals surface area contributed by atoms with E-state index in [0.717, 1.165) is 27.8 Å². The van der Waals surface area contributed by atoms with Crippen molar-refractivity contribution in [1.29, 1.82) is 0 Å². The first-order valence-electron chi connectivity index (χ1n) is 7.27. The highest BCUT2D eigenvalue weighted by Gasteiger charge is 2.10. The normalized spacial score (nSPS) is 10.9. The molecule has 0 aliphatic heterocycles. The number of thiazole rings is 1. The van der Waals surface area contributed by atoms with E-state index >= 15 is 0 Å². The van der Waals surface area contributed by atoms with Gasteiger partial charge in [0, 0.05) is 35.7 Å². The van der Waals surface area contributed by atoms with Gasteiger partial charge in [0.25, 0.3) is 0 Å². The fourth-order valence-electron chi connectivity index (χ4n) is 2.36. The highest BCUT2D eigenvalue weighted by molar-refractivity contribution is 7.13. The largest absolute Gasteiger partial charge is 0.324 e. The summed E-state index contributed by atoms with van der Waals surface area (Å²) in [5.41, 5.74) is 2.55. The molecule has 0 spiro atoms. The molecule has 0 saturated heterocycles. The van der Waals surface area contributed by atoms with Gasteiger partial charge in [-0.05, 0) is 24.3 Å². The van der Waals surface area contributed by atoms with Gasteiger partial charge >= 0.3 is 0 Å². The van der Waals surface area contributed by atoms with E-state index in [-0.39, 0.29) is 5.82 Å². The zero-order valence-electron chi connectivity index (χ0n) is 12.5. The maximum atomic E-state index is 13.0. The van der Waals surface area contributed by atoms with Crippen LogP contribution in [0.2, 0.25) is 0 Å². The van der Waals surface area contributed by atoms with Crippen molar-refractivity contribution in [2.45, 2.75) is 6.54 Å². The number of halogens is 1. The third kappa shape index (κ3) is 2.93. The van der Waals surface area contributed by atoms with Crippen LogP contribution in [0, 0.1) is 5.82 Å². The topological polar surface area (TPSA) is 56.5 Å². The van der Waals surface area contributed by atoms with E-state index in [2.05, 4.69) is 19.9 Å². The molecule has 0 fully saturated rings. The number of nitrogens with zero attached hydrogens (tertiary/aromatic N) is 5. The first-order chi connectivity index (χ1) is 11.8. The van der Waals surface area contributed by atoms with E-state index < -0.39 is 0 Å². The second kappa shape index (κ2) is 6.29. The van der Waals surface area contributed by atoms with Crippen LogP contribution in [0.4, 0.5) is 4.39 Å². The Bertz CT molecular complexity index is 947. The van der Waals surface area contributed by atoms with E-state index in [0.29, 0.717) is 6.54 Å². The van der Waals surface area contributed by atoms with Crippen molar-refractivity contribution in [3.8, 4) is 22.1 Å². The highest BCUT2D eigenvalue weighted by atomic mass is 32.1. The van der Waals surface area contributed by atoms with E-state index in [1.54, 1.807) is 36.9 Å². The first kappa shape index (κ1) is 14.6. The summed E-state index contributed by atoms with van der Waals surface area (Å²) < 4.78 is 15.0. The summed E-state index contributed by atoms with van der Waals surface area (Å²) in [6.07, 6.45) is 8.58. The summed E-state index contributed by atoms with van der Waals surface area (Å²) in [7, 11) is 0. The van der Waals surface area contributed by atoms with Crippen molar-refractivity contribution in [3.05, 3.63) is 72.1 Å². The van der Waals surface area contributed by atoms with Gasteiger partial charge in [0.1, 0.15) is 16.5 Å². The minimum atomic E-state index is -0.248. The molecule has 5 nitrogen and oxygen atoms in total. The molecule has 24 heavy (non-hydrogen) atoms. The Morgan fingerprint density at radius 2 is 1.92 bits per heavy atom. The molecule has 4 aromatic rings. The molecule has 0 aliphatic rings. The summed E-state index contributed by atoms with van der Waals surface area (Å²) in [6, 6.07) is 6.36. The van der Waals surface area contributed by atoms with Gasteiger partial charge in [-0.25, -0.2) is 19.3 Å². The van der Waals surface area contributed by atoms with Crippen molar-refractivity contribution in [1.82, 2.24) is 24.5 Å². The molecule has 3 heterocycles. The predicted octanol–water partition coefficient (Wildman–Crippen LogP) is 3.65. The lowest BCUT2D eigenvalue weighted by molar-refractivity contribution is 0.628. The summed E-state index contributed by atoms with van der Waals surface area (Å²) in [5, 5.41) is 2.87. The van der Waals surface area contributed by atoms with Crippen LogP contribution in [0.3, 0.4) is 0 Å². The summed E-state index contributed by atoms with van der Waals surface area (Å²) in [5.74, 6) is 0.502. The van der Waals surface area contributed by atoms with Crippen molar-refractivity contribution >= 4 is 11.3 Å². The SMILES string of the molecule is Fc1ccc(-c2nc(Cn3ccnc3-c3cnccn3)cs2)cc1. The Morgan fingerprint density at radius 1 is 1.04 bits per heavy atom. The second-order valence-electron chi connectivity index (χ2n) is 5.12. The lowest BCUT2D eigenvalue weighted by Crippen LogP contribution is -2.02. The maximum Gasteiger partial charge on any atom is 0.160 e. The van der Waals surface area contributed by atoms with Gasteiger partial charge in [-0.3, -0.25) is 4.98 Å². The minimum absolute atomic E-state index is 0.248. The summed E-state index contributed by atoms with van der Waals surface area (Å²) in [4.78, 5) is 17.3. The van der Waals surface area contributed by atoms with Gasteiger partial charge in [-0.2, -0.15) is 0 Å². The number of benzene rings is 1.